The van der Waals surface area contributed by atoms with Gasteiger partial charge < -0.3 is 10.3 Å². The van der Waals surface area contributed by atoms with Crippen molar-refractivity contribution in [3.8, 4) is 0 Å². The molecule has 2 aromatic rings. The number of hydrogen-bond donors (Lipinski definition) is 3. The monoisotopic (exact) mass is 300 g/mol. The molecule has 19 heavy (non-hydrogen) atoms. The van der Waals surface area contributed by atoms with E-state index in [1.807, 2.05) is 13.1 Å². The number of aromatic amines is 1. The van der Waals surface area contributed by atoms with Gasteiger partial charge in [0.25, 0.3) is 0 Å². The van der Waals surface area contributed by atoms with E-state index in [9.17, 15) is 8.42 Å². The zero-order chi connectivity index (χ0) is 13.7. The van der Waals surface area contributed by atoms with Gasteiger partial charge in [-0.05, 0) is 32.1 Å². The van der Waals surface area contributed by atoms with Gasteiger partial charge in [0.2, 0.25) is 10.0 Å². The number of nitrogens with zero attached hydrogens (tertiary/aromatic N) is 1. The fourth-order valence-corrected chi connectivity index (χ4v) is 3.92. The Kier molecular flexibility index (Phi) is 4.70. The standard InChI is InChI=1S/C11H16N4O2S2/c1-12-5-4-10-2-3-11(18-10)19(16,17)15-7-9-6-13-8-14-9/h2-3,6,8,12,15H,4-5,7H2,1H3,(H,13,14). The summed E-state index contributed by atoms with van der Waals surface area (Å²) in [5.41, 5.74) is 0.732. The molecule has 0 saturated heterocycles. The number of likely N-dealkylation sites (N-methyl/N-ethyl adjacent to an activating group) is 1. The molecule has 3 N–H and O–H groups in total. The van der Waals surface area contributed by atoms with E-state index in [-0.39, 0.29) is 6.54 Å². The molecule has 6 nitrogen and oxygen atoms in total. The molecule has 0 aliphatic carbocycles. The average molecular weight is 300 g/mol. The summed E-state index contributed by atoms with van der Waals surface area (Å²) in [6.07, 6.45) is 3.94. The maximum Gasteiger partial charge on any atom is 0.250 e. The number of rotatable bonds is 7. The van der Waals surface area contributed by atoms with Crippen LogP contribution in [0.2, 0.25) is 0 Å². The molecule has 0 aromatic carbocycles. The van der Waals surface area contributed by atoms with Crippen LogP contribution in [0.25, 0.3) is 0 Å². The first-order chi connectivity index (χ1) is 9.12. The smallest absolute Gasteiger partial charge is 0.250 e. The second-order valence-electron chi connectivity index (χ2n) is 3.98. The zero-order valence-corrected chi connectivity index (χ0v) is 12.1. The summed E-state index contributed by atoms with van der Waals surface area (Å²) in [6.45, 7) is 1.05. The Bertz CT molecular complexity index is 604. The summed E-state index contributed by atoms with van der Waals surface area (Å²) in [4.78, 5) is 7.74. The Hall–Kier alpha value is -1.22. The van der Waals surface area contributed by atoms with Crippen molar-refractivity contribution in [2.24, 2.45) is 0 Å². The fraction of sp³-hybridized carbons (Fsp3) is 0.364. The van der Waals surface area contributed by atoms with E-state index in [1.165, 1.54) is 17.7 Å². The van der Waals surface area contributed by atoms with Gasteiger partial charge in [-0.15, -0.1) is 11.3 Å². The summed E-state index contributed by atoms with van der Waals surface area (Å²) < 4.78 is 27.0. The lowest BCUT2D eigenvalue weighted by atomic mass is 10.3. The molecule has 8 heteroatoms. The minimum Gasteiger partial charge on any atom is -0.347 e. The maximum atomic E-state index is 12.1. The number of imidazole rings is 1. The molecule has 0 bridgehead atoms. The van der Waals surface area contributed by atoms with Gasteiger partial charge in [0.05, 0.1) is 12.9 Å². The van der Waals surface area contributed by atoms with Crippen LogP contribution < -0.4 is 10.0 Å². The quantitative estimate of drug-likeness (QED) is 0.703. The average Bonchev–Trinajstić information content (AvgIpc) is 3.05. The number of H-pyrrole nitrogens is 1. The van der Waals surface area contributed by atoms with E-state index in [1.54, 1.807) is 12.3 Å². The third kappa shape index (κ3) is 3.87. The first kappa shape index (κ1) is 14.2. The molecule has 0 atom stereocenters. The predicted molar refractivity (Wildman–Crippen MR) is 74.6 cm³/mol. The highest BCUT2D eigenvalue weighted by Crippen LogP contribution is 2.21. The Labute approximate surface area is 116 Å². The van der Waals surface area contributed by atoms with Crippen molar-refractivity contribution in [1.82, 2.24) is 20.0 Å². The lowest BCUT2D eigenvalue weighted by Gasteiger charge is -2.02. The van der Waals surface area contributed by atoms with Crippen LogP contribution in [-0.4, -0.2) is 32.0 Å². The number of nitrogens with one attached hydrogen (secondary N) is 3. The third-order valence-corrected chi connectivity index (χ3v) is 5.57. The van der Waals surface area contributed by atoms with Gasteiger partial charge in [0, 0.05) is 16.8 Å². The molecular weight excluding hydrogens is 284 g/mol. The van der Waals surface area contributed by atoms with Gasteiger partial charge in [-0.1, -0.05) is 0 Å². The molecule has 0 aliphatic rings. The maximum absolute atomic E-state index is 12.1. The molecule has 2 heterocycles. The second kappa shape index (κ2) is 6.29. The van der Waals surface area contributed by atoms with E-state index in [4.69, 9.17) is 0 Å². The summed E-state index contributed by atoms with van der Waals surface area (Å²) in [7, 11) is -1.57. The number of sulfonamides is 1. The van der Waals surface area contributed by atoms with Crippen LogP contribution in [0, 0.1) is 0 Å². The van der Waals surface area contributed by atoms with Gasteiger partial charge in [0.1, 0.15) is 4.21 Å². The fourth-order valence-electron chi connectivity index (χ4n) is 1.51. The lowest BCUT2D eigenvalue weighted by molar-refractivity contribution is 0.582. The molecule has 0 fully saturated rings. The highest BCUT2D eigenvalue weighted by Gasteiger charge is 2.16. The number of aromatic nitrogens is 2. The molecule has 0 amide bonds. The van der Waals surface area contributed by atoms with Crippen LogP contribution in [0.3, 0.4) is 0 Å². The van der Waals surface area contributed by atoms with E-state index in [0.29, 0.717) is 4.21 Å². The highest BCUT2D eigenvalue weighted by molar-refractivity contribution is 7.91. The van der Waals surface area contributed by atoms with Gasteiger partial charge in [-0.25, -0.2) is 18.1 Å². The van der Waals surface area contributed by atoms with Crippen LogP contribution in [0.4, 0.5) is 0 Å². The Morgan fingerprint density at radius 3 is 2.95 bits per heavy atom. The molecule has 0 spiro atoms. The van der Waals surface area contributed by atoms with Gasteiger partial charge in [-0.3, -0.25) is 0 Å². The molecule has 0 aliphatic heterocycles. The van der Waals surface area contributed by atoms with Crippen molar-refractivity contribution in [2.75, 3.05) is 13.6 Å². The SMILES string of the molecule is CNCCc1ccc(S(=O)(=O)NCc2cnc[nH]2)s1. The number of hydrogen-bond acceptors (Lipinski definition) is 5. The molecular formula is C11H16N4O2S2. The number of thiophene rings is 1. The second-order valence-corrected chi connectivity index (χ2v) is 7.14. The van der Waals surface area contributed by atoms with Crippen LogP contribution in [0.15, 0.2) is 28.9 Å². The first-order valence-electron chi connectivity index (χ1n) is 5.82. The Morgan fingerprint density at radius 2 is 2.26 bits per heavy atom. The normalized spacial score (nSPS) is 11.8. The molecule has 0 unspecified atom stereocenters. The van der Waals surface area contributed by atoms with E-state index >= 15 is 0 Å². The third-order valence-electron chi connectivity index (χ3n) is 2.53. The molecule has 104 valence electrons. The van der Waals surface area contributed by atoms with Crippen LogP contribution in [0.1, 0.15) is 10.6 Å². The van der Waals surface area contributed by atoms with Crippen molar-refractivity contribution < 1.29 is 8.42 Å². The minimum absolute atomic E-state index is 0.214. The summed E-state index contributed by atoms with van der Waals surface area (Å²) in [6, 6.07) is 3.50. The molecule has 0 saturated carbocycles. The topological polar surface area (TPSA) is 86.9 Å². The van der Waals surface area contributed by atoms with Crippen molar-refractivity contribution in [1.29, 1.82) is 0 Å². The van der Waals surface area contributed by atoms with Crippen LogP contribution in [-0.2, 0) is 23.0 Å². The van der Waals surface area contributed by atoms with Gasteiger partial charge in [-0.2, -0.15) is 0 Å². The van der Waals surface area contributed by atoms with Crippen molar-refractivity contribution in [2.45, 2.75) is 17.2 Å². The van der Waals surface area contributed by atoms with E-state index < -0.39 is 10.0 Å². The largest absolute Gasteiger partial charge is 0.347 e. The summed E-state index contributed by atoms with van der Waals surface area (Å²) in [5.74, 6) is 0. The van der Waals surface area contributed by atoms with Crippen molar-refractivity contribution >= 4 is 21.4 Å². The summed E-state index contributed by atoms with van der Waals surface area (Å²) >= 11 is 1.30. The van der Waals surface area contributed by atoms with E-state index in [2.05, 4.69) is 20.0 Å². The zero-order valence-electron chi connectivity index (χ0n) is 10.5. The van der Waals surface area contributed by atoms with Crippen molar-refractivity contribution in [3.05, 3.63) is 35.2 Å². The van der Waals surface area contributed by atoms with Crippen LogP contribution in [0.5, 0.6) is 0 Å². The molecule has 2 aromatic heterocycles. The summed E-state index contributed by atoms with van der Waals surface area (Å²) in [5, 5.41) is 3.04. The van der Waals surface area contributed by atoms with Gasteiger partial charge >= 0.3 is 0 Å². The Balaban J connectivity index is 2.00. The Morgan fingerprint density at radius 1 is 1.42 bits per heavy atom. The molecule has 2 rings (SSSR count). The van der Waals surface area contributed by atoms with Crippen molar-refractivity contribution in [3.63, 3.8) is 0 Å². The molecule has 0 radical (unpaired) electrons. The van der Waals surface area contributed by atoms with Gasteiger partial charge in [0.15, 0.2) is 0 Å². The minimum atomic E-state index is -3.44. The lowest BCUT2D eigenvalue weighted by Crippen LogP contribution is -2.22. The predicted octanol–water partition coefficient (Wildman–Crippen LogP) is 0.712. The highest BCUT2D eigenvalue weighted by atomic mass is 32.2. The first-order valence-corrected chi connectivity index (χ1v) is 8.12. The van der Waals surface area contributed by atoms with Crippen LogP contribution >= 0.6 is 11.3 Å². The van der Waals surface area contributed by atoms with E-state index in [0.717, 1.165) is 23.5 Å².